The minimum atomic E-state index is 0.00888. The van der Waals surface area contributed by atoms with Gasteiger partial charge in [-0.2, -0.15) is 0 Å². The maximum atomic E-state index is 5.99. The van der Waals surface area contributed by atoms with Crippen molar-refractivity contribution in [2.24, 2.45) is 11.7 Å². The molecule has 1 aromatic carbocycles. The average molecular weight is 249 g/mol. The van der Waals surface area contributed by atoms with Crippen molar-refractivity contribution in [1.29, 1.82) is 0 Å². The van der Waals surface area contributed by atoms with Crippen molar-refractivity contribution >= 4 is 0 Å². The third kappa shape index (κ3) is 3.47. The molecule has 1 heterocycles. The Morgan fingerprint density at radius 3 is 2.78 bits per heavy atom. The van der Waals surface area contributed by atoms with Crippen LogP contribution < -0.4 is 10.5 Å². The van der Waals surface area contributed by atoms with Gasteiger partial charge in [-0.05, 0) is 38.7 Å². The highest BCUT2D eigenvalue weighted by atomic mass is 16.5. The van der Waals surface area contributed by atoms with Crippen LogP contribution in [0.2, 0.25) is 0 Å². The monoisotopic (exact) mass is 249 g/mol. The Kier molecular flexibility index (Phi) is 4.61. The van der Waals surface area contributed by atoms with Crippen LogP contribution >= 0.6 is 0 Å². The zero-order valence-electron chi connectivity index (χ0n) is 11.3. The summed E-state index contributed by atoms with van der Waals surface area (Å²) in [4.78, 5) is 0. The third-order valence-electron chi connectivity index (χ3n) is 3.47. The van der Waals surface area contributed by atoms with Crippen LogP contribution in [0.4, 0.5) is 0 Å². The van der Waals surface area contributed by atoms with E-state index in [9.17, 15) is 0 Å². The van der Waals surface area contributed by atoms with Gasteiger partial charge in [-0.25, -0.2) is 0 Å². The Hall–Kier alpha value is -1.06. The van der Waals surface area contributed by atoms with Gasteiger partial charge < -0.3 is 15.2 Å². The summed E-state index contributed by atoms with van der Waals surface area (Å²) in [5.74, 6) is 1.54. The summed E-state index contributed by atoms with van der Waals surface area (Å²) in [6, 6.07) is 6.23. The lowest BCUT2D eigenvalue weighted by Gasteiger charge is -2.23. The Bertz CT molecular complexity index is 384. The predicted octanol–water partition coefficient (Wildman–Crippen LogP) is 2.82. The largest absolute Gasteiger partial charge is 0.493 e. The summed E-state index contributed by atoms with van der Waals surface area (Å²) in [6.07, 6.45) is 2.19. The summed E-state index contributed by atoms with van der Waals surface area (Å²) in [5, 5.41) is 0. The van der Waals surface area contributed by atoms with E-state index in [4.69, 9.17) is 15.2 Å². The number of nitrogens with two attached hydrogens (primary N) is 1. The number of ether oxygens (including phenoxy) is 2. The number of rotatable bonds is 4. The van der Waals surface area contributed by atoms with E-state index < -0.39 is 0 Å². The van der Waals surface area contributed by atoms with Crippen LogP contribution in [0, 0.1) is 12.8 Å². The number of hydrogen-bond donors (Lipinski definition) is 1. The van der Waals surface area contributed by atoms with Crippen LogP contribution in [-0.2, 0) is 4.74 Å². The van der Waals surface area contributed by atoms with Gasteiger partial charge in [-0.3, -0.25) is 0 Å². The second-order valence-electron chi connectivity index (χ2n) is 5.20. The molecule has 1 atom stereocenters. The van der Waals surface area contributed by atoms with Gasteiger partial charge in [0.15, 0.2) is 0 Å². The van der Waals surface area contributed by atoms with E-state index in [1.807, 2.05) is 13.0 Å². The molecule has 0 spiro atoms. The van der Waals surface area contributed by atoms with E-state index in [1.54, 1.807) is 0 Å². The van der Waals surface area contributed by atoms with Crippen LogP contribution in [0.5, 0.6) is 5.75 Å². The molecule has 2 N–H and O–H groups in total. The van der Waals surface area contributed by atoms with Crippen molar-refractivity contribution in [3.63, 3.8) is 0 Å². The number of hydrogen-bond acceptors (Lipinski definition) is 3. The number of benzene rings is 1. The lowest BCUT2D eigenvalue weighted by Crippen LogP contribution is -2.22. The molecule has 0 amide bonds. The Morgan fingerprint density at radius 1 is 1.39 bits per heavy atom. The lowest BCUT2D eigenvalue weighted by molar-refractivity contribution is 0.0495. The topological polar surface area (TPSA) is 44.5 Å². The molecule has 3 nitrogen and oxygen atoms in total. The van der Waals surface area contributed by atoms with Crippen molar-refractivity contribution in [3.05, 3.63) is 29.3 Å². The molecule has 1 saturated heterocycles. The Balaban J connectivity index is 1.99. The molecule has 0 aliphatic carbocycles. The fourth-order valence-electron chi connectivity index (χ4n) is 2.28. The maximum absolute atomic E-state index is 5.99. The minimum Gasteiger partial charge on any atom is -0.493 e. The van der Waals surface area contributed by atoms with Crippen molar-refractivity contribution in [2.45, 2.75) is 32.7 Å². The molecule has 1 aliphatic heterocycles. The van der Waals surface area contributed by atoms with E-state index in [-0.39, 0.29) is 6.04 Å². The van der Waals surface area contributed by atoms with Gasteiger partial charge in [-0.15, -0.1) is 0 Å². The average Bonchev–Trinajstić information content (AvgIpc) is 2.38. The summed E-state index contributed by atoms with van der Waals surface area (Å²) < 4.78 is 11.3. The lowest BCUT2D eigenvalue weighted by atomic mass is 10.0. The SMILES string of the molecule is Cc1ccc(OCC2CCOCC2)c(C(C)N)c1. The molecule has 18 heavy (non-hydrogen) atoms. The highest BCUT2D eigenvalue weighted by molar-refractivity contribution is 5.38. The Labute approximate surface area is 109 Å². The Morgan fingerprint density at radius 2 is 2.11 bits per heavy atom. The van der Waals surface area contributed by atoms with Crippen LogP contribution in [0.25, 0.3) is 0 Å². The van der Waals surface area contributed by atoms with E-state index in [1.165, 1.54) is 5.56 Å². The first kappa shape index (κ1) is 13.4. The summed E-state index contributed by atoms with van der Waals surface area (Å²) >= 11 is 0. The predicted molar refractivity (Wildman–Crippen MR) is 72.8 cm³/mol. The van der Waals surface area contributed by atoms with E-state index in [0.29, 0.717) is 5.92 Å². The van der Waals surface area contributed by atoms with Crippen molar-refractivity contribution in [2.75, 3.05) is 19.8 Å². The standard InChI is InChI=1S/C15H23NO2/c1-11-3-4-15(14(9-11)12(2)16)18-10-13-5-7-17-8-6-13/h3-4,9,12-13H,5-8,10,16H2,1-2H3. The molecule has 3 heteroatoms. The first-order chi connectivity index (χ1) is 8.66. The van der Waals surface area contributed by atoms with Gasteiger partial charge in [0, 0.05) is 24.8 Å². The van der Waals surface area contributed by atoms with Gasteiger partial charge in [0.25, 0.3) is 0 Å². The molecular weight excluding hydrogens is 226 g/mol. The normalized spacial score (nSPS) is 18.6. The summed E-state index contributed by atoms with van der Waals surface area (Å²) in [6.45, 7) is 6.57. The van der Waals surface area contributed by atoms with Crippen LogP contribution in [0.3, 0.4) is 0 Å². The van der Waals surface area contributed by atoms with Crippen LogP contribution in [0.15, 0.2) is 18.2 Å². The molecule has 0 aromatic heterocycles. The second kappa shape index (κ2) is 6.21. The zero-order chi connectivity index (χ0) is 13.0. The van der Waals surface area contributed by atoms with E-state index >= 15 is 0 Å². The first-order valence-corrected chi connectivity index (χ1v) is 6.73. The van der Waals surface area contributed by atoms with E-state index in [0.717, 1.165) is 44.0 Å². The molecule has 0 radical (unpaired) electrons. The molecule has 1 aliphatic rings. The molecule has 2 rings (SSSR count). The molecule has 1 fully saturated rings. The highest BCUT2D eigenvalue weighted by Gasteiger charge is 2.16. The van der Waals surface area contributed by atoms with Gasteiger partial charge in [-0.1, -0.05) is 17.7 Å². The number of aryl methyl sites for hydroxylation is 1. The molecule has 1 unspecified atom stereocenters. The zero-order valence-corrected chi connectivity index (χ0v) is 11.3. The van der Waals surface area contributed by atoms with Gasteiger partial charge in [0.05, 0.1) is 6.61 Å². The second-order valence-corrected chi connectivity index (χ2v) is 5.20. The first-order valence-electron chi connectivity index (χ1n) is 6.73. The highest BCUT2D eigenvalue weighted by Crippen LogP contribution is 2.26. The fourth-order valence-corrected chi connectivity index (χ4v) is 2.28. The van der Waals surface area contributed by atoms with Crippen molar-refractivity contribution in [3.8, 4) is 5.75 Å². The van der Waals surface area contributed by atoms with Gasteiger partial charge in [0.2, 0.25) is 0 Å². The van der Waals surface area contributed by atoms with Crippen molar-refractivity contribution < 1.29 is 9.47 Å². The summed E-state index contributed by atoms with van der Waals surface area (Å²) in [7, 11) is 0. The maximum Gasteiger partial charge on any atom is 0.124 e. The van der Waals surface area contributed by atoms with Crippen LogP contribution in [0.1, 0.15) is 36.9 Å². The minimum absolute atomic E-state index is 0.00888. The molecule has 100 valence electrons. The smallest absolute Gasteiger partial charge is 0.124 e. The molecule has 0 saturated carbocycles. The summed E-state index contributed by atoms with van der Waals surface area (Å²) in [5.41, 5.74) is 8.31. The fraction of sp³-hybridized carbons (Fsp3) is 0.600. The van der Waals surface area contributed by atoms with Crippen molar-refractivity contribution in [1.82, 2.24) is 0 Å². The van der Waals surface area contributed by atoms with Crippen LogP contribution in [-0.4, -0.2) is 19.8 Å². The quantitative estimate of drug-likeness (QED) is 0.892. The molecular formula is C15H23NO2. The van der Waals surface area contributed by atoms with Gasteiger partial charge in [0.1, 0.15) is 5.75 Å². The third-order valence-corrected chi connectivity index (χ3v) is 3.47. The van der Waals surface area contributed by atoms with E-state index in [2.05, 4.69) is 19.1 Å². The molecule has 1 aromatic rings. The molecule has 0 bridgehead atoms. The van der Waals surface area contributed by atoms with Gasteiger partial charge >= 0.3 is 0 Å².